The number of carbonyl (C=O) groups is 1. The van der Waals surface area contributed by atoms with E-state index < -0.39 is 5.97 Å². The third-order valence-corrected chi connectivity index (χ3v) is 2.66. The van der Waals surface area contributed by atoms with Crippen LogP contribution in [0.2, 0.25) is 5.02 Å². The average molecular weight is 260 g/mol. The molecule has 0 saturated carbocycles. The fourth-order valence-corrected chi connectivity index (χ4v) is 1.87. The first kappa shape index (κ1) is 13.8. The molecule has 1 atom stereocenters. The fraction of sp³-hybridized carbons (Fsp3) is 0.417. The summed E-state index contributed by atoms with van der Waals surface area (Å²) >= 11 is 5.79. The first-order chi connectivity index (χ1) is 7.90. The summed E-state index contributed by atoms with van der Waals surface area (Å²) in [7, 11) is 1.72. The van der Waals surface area contributed by atoms with Gasteiger partial charge in [-0.05, 0) is 24.1 Å². The number of aliphatic carboxylic acids is 1. The Bertz CT molecular complexity index is 411. The molecule has 0 saturated heterocycles. The summed E-state index contributed by atoms with van der Waals surface area (Å²) in [6.45, 7) is 2.27. The first-order valence-corrected chi connectivity index (χ1v) is 5.66. The van der Waals surface area contributed by atoms with Crippen LogP contribution < -0.4 is 4.90 Å². The van der Waals surface area contributed by atoms with Crippen LogP contribution in [0.25, 0.3) is 0 Å². The second kappa shape index (κ2) is 5.87. The molecule has 0 aliphatic carbocycles. The second-order valence-electron chi connectivity index (χ2n) is 4.18. The minimum Gasteiger partial charge on any atom is -0.481 e. The largest absolute Gasteiger partial charge is 0.481 e. The molecule has 1 aromatic rings. The minimum atomic E-state index is -0.850. The van der Waals surface area contributed by atoms with E-state index in [9.17, 15) is 9.18 Å². The summed E-state index contributed by atoms with van der Waals surface area (Å²) in [5, 5.41) is 9.11. The maximum atomic E-state index is 13.5. The van der Waals surface area contributed by atoms with Crippen LogP contribution in [-0.4, -0.2) is 24.7 Å². The Hall–Kier alpha value is -1.29. The third-order valence-electron chi connectivity index (χ3n) is 2.43. The molecule has 0 fully saturated rings. The zero-order valence-electron chi connectivity index (χ0n) is 9.78. The Morgan fingerprint density at radius 1 is 1.59 bits per heavy atom. The van der Waals surface area contributed by atoms with Crippen LogP contribution in [-0.2, 0) is 4.79 Å². The molecule has 0 aliphatic heterocycles. The van der Waals surface area contributed by atoms with Crippen molar-refractivity contribution in [2.45, 2.75) is 13.3 Å². The standard InChI is InChI=1S/C12H15ClFNO2/c1-8(5-12(16)17)7-15(2)11-6-9(13)3-4-10(11)14/h3-4,6,8H,5,7H2,1-2H3,(H,16,17). The van der Waals surface area contributed by atoms with Crippen molar-refractivity contribution in [1.29, 1.82) is 0 Å². The summed E-state index contributed by atoms with van der Waals surface area (Å²) in [6.07, 6.45) is 0.0620. The fourth-order valence-electron chi connectivity index (χ4n) is 1.71. The van der Waals surface area contributed by atoms with E-state index in [2.05, 4.69) is 0 Å². The molecule has 3 nitrogen and oxygen atoms in total. The molecule has 17 heavy (non-hydrogen) atoms. The highest BCUT2D eigenvalue weighted by atomic mass is 35.5. The van der Waals surface area contributed by atoms with Gasteiger partial charge < -0.3 is 10.0 Å². The predicted octanol–water partition coefficient (Wildman–Crippen LogP) is 3.03. The van der Waals surface area contributed by atoms with E-state index in [1.165, 1.54) is 18.2 Å². The smallest absolute Gasteiger partial charge is 0.303 e. The van der Waals surface area contributed by atoms with Gasteiger partial charge in [-0.3, -0.25) is 4.79 Å². The van der Waals surface area contributed by atoms with Crippen molar-refractivity contribution in [2.75, 3.05) is 18.5 Å². The van der Waals surface area contributed by atoms with Gasteiger partial charge in [0.15, 0.2) is 0 Å². The summed E-state index contributed by atoms with van der Waals surface area (Å²) in [6, 6.07) is 4.31. The average Bonchev–Trinajstić information content (AvgIpc) is 2.20. The number of halogens is 2. The molecule has 0 amide bonds. The number of hydrogen-bond acceptors (Lipinski definition) is 2. The van der Waals surface area contributed by atoms with E-state index >= 15 is 0 Å². The molecule has 0 aliphatic rings. The van der Waals surface area contributed by atoms with Crippen molar-refractivity contribution in [3.63, 3.8) is 0 Å². The Morgan fingerprint density at radius 2 is 2.24 bits per heavy atom. The van der Waals surface area contributed by atoms with E-state index in [-0.39, 0.29) is 18.2 Å². The number of carboxylic acid groups (broad SMARTS) is 1. The summed E-state index contributed by atoms with van der Waals surface area (Å²) < 4.78 is 13.5. The quantitative estimate of drug-likeness (QED) is 0.884. The van der Waals surface area contributed by atoms with Gasteiger partial charge in [0.1, 0.15) is 5.82 Å². The number of rotatable bonds is 5. The zero-order valence-corrected chi connectivity index (χ0v) is 10.5. The van der Waals surface area contributed by atoms with Crippen molar-refractivity contribution >= 4 is 23.3 Å². The number of nitrogens with zero attached hydrogens (tertiary/aromatic N) is 1. The van der Waals surface area contributed by atoms with E-state index in [0.29, 0.717) is 17.3 Å². The monoisotopic (exact) mass is 259 g/mol. The molecule has 1 N–H and O–H groups in total. The summed E-state index contributed by atoms with van der Waals surface area (Å²) in [5.41, 5.74) is 0.384. The molecule has 1 aromatic carbocycles. The van der Waals surface area contributed by atoms with Crippen LogP contribution in [0.5, 0.6) is 0 Å². The van der Waals surface area contributed by atoms with Gasteiger partial charge in [0.25, 0.3) is 0 Å². The molecule has 94 valence electrons. The lowest BCUT2D eigenvalue weighted by atomic mass is 10.1. The van der Waals surface area contributed by atoms with Crippen LogP contribution >= 0.6 is 11.6 Å². The molecule has 0 bridgehead atoms. The molecule has 0 aromatic heterocycles. The molecular weight excluding hydrogens is 245 g/mol. The van der Waals surface area contributed by atoms with Crippen LogP contribution in [0.4, 0.5) is 10.1 Å². The number of anilines is 1. The number of benzene rings is 1. The van der Waals surface area contributed by atoms with Crippen LogP contribution in [0, 0.1) is 11.7 Å². The topological polar surface area (TPSA) is 40.5 Å². The van der Waals surface area contributed by atoms with Crippen molar-refractivity contribution in [1.82, 2.24) is 0 Å². The van der Waals surface area contributed by atoms with Gasteiger partial charge in [0.05, 0.1) is 5.69 Å². The molecule has 1 unspecified atom stereocenters. The SMILES string of the molecule is CC(CC(=O)O)CN(C)c1cc(Cl)ccc1F. The third kappa shape index (κ3) is 4.23. The molecular formula is C12H15ClFNO2. The Labute approximate surface area is 105 Å². The highest BCUT2D eigenvalue weighted by Gasteiger charge is 2.13. The highest BCUT2D eigenvalue weighted by molar-refractivity contribution is 6.30. The van der Waals surface area contributed by atoms with Crippen molar-refractivity contribution in [3.05, 3.63) is 29.0 Å². The lowest BCUT2D eigenvalue weighted by Gasteiger charge is -2.23. The van der Waals surface area contributed by atoms with Gasteiger partial charge in [-0.1, -0.05) is 18.5 Å². The van der Waals surface area contributed by atoms with Gasteiger partial charge in [-0.2, -0.15) is 0 Å². The van der Waals surface area contributed by atoms with E-state index in [1.807, 2.05) is 6.92 Å². The van der Waals surface area contributed by atoms with Crippen LogP contribution in [0.1, 0.15) is 13.3 Å². The Balaban J connectivity index is 2.72. The van der Waals surface area contributed by atoms with Gasteiger partial charge in [0.2, 0.25) is 0 Å². The van der Waals surface area contributed by atoms with Gasteiger partial charge in [0, 0.05) is 25.0 Å². The van der Waals surface area contributed by atoms with E-state index in [4.69, 9.17) is 16.7 Å². The van der Waals surface area contributed by atoms with Crippen molar-refractivity contribution < 1.29 is 14.3 Å². The minimum absolute atomic E-state index is 0.0594. The second-order valence-corrected chi connectivity index (χ2v) is 4.62. The first-order valence-electron chi connectivity index (χ1n) is 5.28. The normalized spacial score (nSPS) is 12.2. The zero-order chi connectivity index (χ0) is 13.0. The predicted molar refractivity (Wildman–Crippen MR) is 66.1 cm³/mol. The lowest BCUT2D eigenvalue weighted by Crippen LogP contribution is -2.26. The summed E-state index contributed by atoms with van der Waals surface area (Å²) in [4.78, 5) is 12.2. The molecule has 5 heteroatoms. The van der Waals surface area contributed by atoms with Gasteiger partial charge in [-0.15, -0.1) is 0 Å². The van der Waals surface area contributed by atoms with Crippen molar-refractivity contribution in [3.8, 4) is 0 Å². The molecule has 0 spiro atoms. The number of hydrogen-bond donors (Lipinski definition) is 1. The molecule has 1 rings (SSSR count). The molecule has 0 heterocycles. The number of carboxylic acids is 1. The van der Waals surface area contributed by atoms with Crippen molar-refractivity contribution in [2.24, 2.45) is 5.92 Å². The van der Waals surface area contributed by atoms with Crippen LogP contribution in [0.3, 0.4) is 0 Å². The van der Waals surface area contributed by atoms with E-state index in [0.717, 1.165) is 0 Å². The lowest BCUT2D eigenvalue weighted by molar-refractivity contribution is -0.137. The van der Waals surface area contributed by atoms with Crippen LogP contribution in [0.15, 0.2) is 18.2 Å². The van der Waals surface area contributed by atoms with Gasteiger partial charge in [-0.25, -0.2) is 4.39 Å². The maximum Gasteiger partial charge on any atom is 0.303 e. The Kier molecular flexibility index (Phi) is 4.75. The summed E-state index contributed by atoms with van der Waals surface area (Å²) in [5.74, 6) is -1.27. The Morgan fingerprint density at radius 3 is 2.82 bits per heavy atom. The highest BCUT2D eigenvalue weighted by Crippen LogP contribution is 2.23. The van der Waals surface area contributed by atoms with Gasteiger partial charge >= 0.3 is 5.97 Å². The van der Waals surface area contributed by atoms with E-state index in [1.54, 1.807) is 11.9 Å². The maximum absolute atomic E-state index is 13.5. The molecule has 0 radical (unpaired) electrons.